The van der Waals surface area contributed by atoms with Gasteiger partial charge in [-0.2, -0.15) is 0 Å². The molecule has 0 amide bonds. The van der Waals surface area contributed by atoms with Gasteiger partial charge in [-0.15, -0.1) is 12.3 Å². The van der Waals surface area contributed by atoms with Crippen molar-refractivity contribution in [2.45, 2.75) is 81.7 Å². The zero-order chi connectivity index (χ0) is 54.8. The van der Waals surface area contributed by atoms with Crippen LogP contribution >= 0.6 is 0 Å². The van der Waals surface area contributed by atoms with Gasteiger partial charge in [-0.3, -0.25) is 0 Å². The highest BCUT2D eigenvalue weighted by molar-refractivity contribution is 6.00. The highest BCUT2D eigenvalue weighted by Crippen LogP contribution is 2.42. The molecule has 0 radical (unpaired) electrons. The molecule has 8 aromatic rings. The van der Waals surface area contributed by atoms with Crippen molar-refractivity contribution in [3.05, 3.63) is 283 Å². The first-order valence-electron chi connectivity index (χ1n) is 26.9. The largest absolute Gasteiger partial charge is 0.397 e. The van der Waals surface area contributed by atoms with E-state index in [9.17, 15) is 0 Å². The molecule has 1 aliphatic rings. The molecule has 0 saturated carbocycles. The van der Waals surface area contributed by atoms with Crippen molar-refractivity contribution in [3.63, 3.8) is 0 Å². The van der Waals surface area contributed by atoms with Gasteiger partial charge >= 0.3 is 0 Å². The number of para-hydroxylation sites is 3. The third kappa shape index (κ3) is 15.3. The predicted octanol–water partition coefficient (Wildman–Crippen LogP) is 20.7. The molecular weight excluding hydrogens is 921 g/mol. The van der Waals surface area contributed by atoms with Crippen molar-refractivity contribution >= 4 is 62.2 Å². The Balaban J connectivity index is 0.000000634. The Morgan fingerprint density at radius 1 is 0.671 bits per heavy atom. The molecule has 9 rings (SSSR count). The molecule has 1 aromatic heterocycles. The molecule has 1 atom stereocenters. The molecule has 0 fully saturated rings. The SMILES string of the molecule is C/C=C\C(C)/C=C\C.C=C1c2ccccc2/C=C\N(c2ccccc2)c2cc3c(cc21)cc(/C=C\C(C=C=CC)=C/C)n3-c1ccc2cc(C(Cc3ccccc3)Nc3ccccc3N)ccc2c1.C=CC.CC.CC. The minimum Gasteiger partial charge on any atom is -0.397 e. The number of fused-ring (bicyclic) bond motifs is 4. The summed E-state index contributed by atoms with van der Waals surface area (Å²) in [5, 5.41) is 7.23. The lowest BCUT2D eigenvalue weighted by Crippen LogP contribution is -2.15. The zero-order valence-electron chi connectivity index (χ0n) is 46.8. The summed E-state index contributed by atoms with van der Waals surface area (Å²) in [6.07, 6.45) is 25.9. The maximum atomic E-state index is 6.44. The molecule has 2 heterocycles. The maximum absolute atomic E-state index is 6.44. The Morgan fingerprint density at radius 3 is 1.97 bits per heavy atom. The lowest BCUT2D eigenvalue weighted by molar-refractivity contribution is 0.777. The Labute approximate surface area is 456 Å². The van der Waals surface area contributed by atoms with Crippen molar-refractivity contribution < 1.29 is 0 Å². The van der Waals surface area contributed by atoms with Gasteiger partial charge in [0.25, 0.3) is 0 Å². The van der Waals surface area contributed by atoms with E-state index < -0.39 is 0 Å². The van der Waals surface area contributed by atoms with Crippen LogP contribution in [0.5, 0.6) is 0 Å². The molecule has 388 valence electrons. The summed E-state index contributed by atoms with van der Waals surface area (Å²) in [5.41, 5.74) is 24.6. The van der Waals surface area contributed by atoms with Gasteiger partial charge in [-0.05, 0) is 176 Å². The van der Waals surface area contributed by atoms with E-state index in [0.29, 0.717) is 5.92 Å². The zero-order valence-corrected chi connectivity index (χ0v) is 46.8. The Hall–Kier alpha value is -8.56. The maximum Gasteiger partial charge on any atom is 0.0578 e. The Morgan fingerprint density at radius 2 is 1.30 bits per heavy atom. The van der Waals surface area contributed by atoms with E-state index in [4.69, 9.17) is 12.3 Å². The molecule has 7 aromatic carbocycles. The fourth-order valence-electron chi connectivity index (χ4n) is 9.01. The van der Waals surface area contributed by atoms with Gasteiger partial charge in [0.05, 0.1) is 28.6 Å². The summed E-state index contributed by atoms with van der Waals surface area (Å²) >= 11 is 0. The van der Waals surface area contributed by atoms with Crippen molar-refractivity contribution in [2.24, 2.45) is 5.92 Å². The van der Waals surface area contributed by atoms with Gasteiger partial charge in [0.1, 0.15) is 0 Å². The first-order chi connectivity index (χ1) is 37.2. The predicted molar refractivity (Wildman–Crippen MR) is 339 cm³/mol. The molecule has 76 heavy (non-hydrogen) atoms. The van der Waals surface area contributed by atoms with E-state index in [2.05, 4.69) is 241 Å². The average Bonchev–Trinajstić information content (AvgIpc) is 3.85. The molecule has 0 bridgehead atoms. The van der Waals surface area contributed by atoms with Crippen molar-refractivity contribution in [3.8, 4) is 5.69 Å². The van der Waals surface area contributed by atoms with Crippen LogP contribution in [0.2, 0.25) is 0 Å². The van der Waals surface area contributed by atoms with Gasteiger partial charge in [0.2, 0.25) is 0 Å². The van der Waals surface area contributed by atoms with Crippen molar-refractivity contribution in [2.75, 3.05) is 16.0 Å². The molecule has 4 heteroatoms. The molecule has 1 aliphatic heterocycles. The smallest absolute Gasteiger partial charge is 0.0578 e. The summed E-state index contributed by atoms with van der Waals surface area (Å²) in [5.74, 6) is 0.602. The normalized spacial score (nSPS) is 12.5. The van der Waals surface area contributed by atoms with Gasteiger partial charge in [-0.1, -0.05) is 187 Å². The molecule has 0 saturated heterocycles. The summed E-state index contributed by atoms with van der Waals surface area (Å²) in [6, 6.07) is 58.3. The number of nitrogens with one attached hydrogen (secondary N) is 1. The van der Waals surface area contributed by atoms with Crippen LogP contribution in [0.3, 0.4) is 0 Å². The Kier molecular flexibility index (Phi) is 23.5. The van der Waals surface area contributed by atoms with Crippen LogP contribution in [0.1, 0.15) is 109 Å². The van der Waals surface area contributed by atoms with Gasteiger partial charge < -0.3 is 20.5 Å². The topological polar surface area (TPSA) is 46.2 Å². The molecule has 0 spiro atoms. The number of benzene rings is 7. The van der Waals surface area contributed by atoms with Crippen LogP contribution in [0, 0.1) is 5.92 Å². The number of anilines is 4. The van der Waals surface area contributed by atoms with Crippen LogP contribution < -0.4 is 16.0 Å². The van der Waals surface area contributed by atoms with Crippen molar-refractivity contribution in [1.82, 2.24) is 4.57 Å². The highest BCUT2D eigenvalue weighted by atomic mass is 15.1. The fourth-order valence-corrected chi connectivity index (χ4v) is 9.01. The van der Waals surface area contributed by atoms with E-state index in [-0.39, 0.29) is 6.04 Å². The van der Waals surface area contributed by atoms with Crippen LogP contribution in [0.15, 0.2) is 249 Å². The van der Waals surface area contributed by atoms with E-state index in [0.717, 1.165) is 84.7 Å². The second kappa shape index (κ2) is 30.6. The van der Waals surface area contributed by atoms with Crippen LogP contribution in [-0.4, -0.2) is 4.57 Å². The lowest BCUT2D eigenvalue weighted by atomic mass is 9.91. The second-order valence-electron chi connectivity index (χ2n) is 17.7. The van der Waals surface area contributed by atoms with E-state index in [1.54, 1.807) is 6.08 Å². The fraction of sp³-hybridized carbons (Fsp3) is 0.181. The number of hydrogen-bond acceptors (Lipinski definition) is 3. The van der Waals surface area contributed by atoms with Crippen molar-refractivity contribution in [1.29, 1.82) is 0 Å². The summed E-state index contributed by atoms with van der Waals surface area (Å²) in [7, 11) is 0. The summed E-state index contributed by atoms with van der Waals surface area (Å²) in [4.78, 5) is 2.29. The van der Waals surface area contributed by atoms with E-state index in [1.807, 2.05) is 85.7 Å². The van der Waals surface area contributed by atoms with Gasteiger partial charge in [0.15, 0.2) is 0 Å². The first-order valence-corrected chi connectivity index (χ1v) is 26.9. The molecule has 0 aliphatic carbocycles. The highest BCUT2D eigenvalue weighted by Gasteiger charge is 2.22. The van der Waals surface area contributed by atoms with E-state index >= 15 is 0 Å². The minimum absolute atomic E-state index is 0.0153. The average molecular weight is 1000 g/mol. The number of rotatable bonds is 12. The molecule has 3 N–H and O–H groups in total. The standard InChI is InChI=1S/C57H48N4.C8H14.C3H6.2C2H6/c1-4-6-17-41(5-2)26-30-49-37-47-38-52-40(3)51-23-14-13-20-43(51)32-33-60(48-21-11-8-12-22-48)57(52)39-56(47)61(49)50-31-29-44-35-46(28-27-45(44)36-50)55(34-42-18-9-7-10-19-42)59-54-25-16-15-24-53(54)58;1-4-6-8(3)7-5-2;1-3-2;2*1-2/h4-5,7-33,35-39,55,59H,3,34,58H2,1-2H3;4-8H,1-3H3;3H,1H2,2H3;2*1-2H3/b30-26-,33-32-,41-5-;6-4-,7-5-;;;. The number of aromatic nitrogens is 1. The third-order valence-corrected chi connectivity index (χ3v) is 12.5. The minimum atomic E-state index is 0.0153. The van der Waals surface area contributed by atoms with E-state index in [1.165, 1.54) is 16.5 Å². The van der Waals surface area contributed by atoms with Crippen LogP contribution in [-0.2, 0) is 6.42 Å². The summed E-state index contributed by atoms with van der Waals surface area (Å²) in [6.45, 7) is 28.3. The number of nitrogen functional groups attached to an aromatic ring is 1. The lowest BCUT2D eigenvalue weighted by Gasteiger charge is -2.27. The van der Waals surface area contributed by atoms with Gasteiger partial charge in [-0.25, -0.2) is 0 Å². The number of hydrogen-bond donors (Lipinski definition) is 2. The first kappa shape index (κ1) is 58.3. The number of nitrogens with zero attached hydrogens (tertiary/aromatic N) is 2. The molecular formula is C72H80N4. The quantitative estimate of drug-likeness (QED) is 0.0555. The van der Waals surface area contributed by atoms with Gasteiger partial charge in [0, 0.05) is 34.2 Å². The third-order valence-electron chi connectivity index (χ3n) is 12.5. The number of allylic oxidation sites excluding steroid dienone is 9. The summed E-state index contributed by atoms with van der Waals surface area (Å²) < 4.78 is 2.38. The van der Waals surface area contributed by atoms with Crippen LogP contribution in [0.4, 0.5) is 22.7 Å². The monoisotopic (exact) mass is 1000 g/mol. The Bertz CT molecular complexity index is 3340. The second-order valence-corrected chi connectivity index (χ2v) is 17.7. The molecule has 4 nitrogen and oxygen atoms in total. The molecule has 1 unspecified atom stereocenters. The van der Waals surface area contributed by atoms with Crippen LogP contribution in [0.25, 0.3) is 45.1 Å². The number of nitrogens with two attached hydrogens (primary N) is 1.